The molecule has 0 unspecified atom stereocenters. The van der Waals surface area contributed by atoms with Crippen molar-refractivity contribution in [3.05, 3.63) is 0 Å². The first-order chi connectivity index (χ1) is 2.64. The third kappa shape index (κ3) is 5.72. The van der Waals surface area contributed by atoms with Gasteiger partial charge in [-0.2, -0.15) is 0 Å². The fraction of sp³-hybridized carbons (Fsp3) is 0.667. The highest BCUT2D eigenvalue weighted by atomic mass is 35.5. The van der Waals surface area contributed by atoms with Crippen molar-refractivity contribution in [2.45, 2.75) is 6.92 Å². The summed E-state index contributed by atoms with van der Waals surface area (Å²) in [6, 6.07) is 0. The quantitative estimate of drug-likeness (QED) is 0.284. The van der Waals surface area contributed by atoms with Gasteiger partial charge in [-0.3, -0.25) is 10.6 Å². The summed E-state index contributed by atoms with van der Waals surface area (Å²) in [5.41, 5.74) is 0. The Bertz CT molecular complexity index is 64.0. The summed E-state index contributed by atoms with van der Waals surface area (Å²) < 4.78 is 0. The second-order valence-corrected chi connectivity index (χ2v) is 1.11. The molecule has 0 aliphatic carbocycles. The number of nitrogens with one attached hydrogen (secondary N) is 1. The molecule has 0 aromatic carbocycles. The van der Waals surface area contributed by atoms with Crippen molar-refractivity contribution in [3.63, 3.8) is 0 Å². The van der Waals surface area contributed by atoms with Crippen molar-refractivity contribution < 1.29 is 5.21 Å². The van der Waals surface area contributed by atoms with Crippen LogP contribution in [0.5, 0.6) is 0 Å². The molecule has 0 saturated carbocycles. The fourth-order valence-electron chi connectivity index (χ4n) is 0. The van der Waals surface area contributed by atoms with Crippen molar-refractivity contribution in [1.29, 1.82) is 5.41 Å². The van der Waals surface area contributed by atoms with Gasteiger partial charge in [0.05, 0.1) is 0 Å². The Morgan fingerprint density at radius 2 is 1.86 bits per heavy atom. The monoisotopic (exact) mass is 124 g/mol. The van der Waals surface area contributed by atoms with Gasteiger partial charge in [-0.15, -0.1) is 12.4 Å². The molecule has 2 N–H and O–H groups in total. The van der Waals surface area contributed by atoms with E-state index in [1.54, 1.807) is 0 Å². The summed E-state index contributed by atoms with van der Waals surface area (Å²) in [7, 11) is 1.41. The Hall–Kier alpha value is -0.280. The average molecular weight is 125 g/mol. The summed E-state index contributed by atoms with van der Waals surface area (Å²) >= 11 is 0. The number of halogens is 1. The van der Waals surface area contributed by atoms with Gasteiger partial charge in [0, 0.05) is 7.05 Å². The Kier molecular flexibility index (Phi) is 5.49. The van der Waals surface area contributed by atoms with Crippen LogP contribution in [0.15, 0.2) is 0 Å². The van der Waals surface area contributed by atoms with Gasteiger partial charge in [0.1, 0.15) is 5.84 Å². The van der Waals surface area contributed by atoms with Crippen molar-refractivity contribution in [1.82, 2.24) is 5.06 Å². The normalized spacial score (nSPS) is 6.71. The molecule has 0 fully saturated rings. The molecule has 0 aromatic heterocycles. The minimum atomic E-state index is 0. The van der Waals surface area contributed by atoms with Crippen LogP contribution in [-0.4, -0.2) is 23.2 Å². The summed E-state index contributed by atoms with van der Waals surface area (Å²) in [4.78, 5) is 0. The van der Waals surface area contributed by atoms with Gasteiger partial charge in [0.15, 0.2) is 0 Å². The van der Waals surface area contributed by atoms with Gasteiger partial charge in [0.2, 0.25) is 0 Å². The molecule has 3 nitrogen and oxygen atoms in total. The third-order valence-corrected chi connectivity index (χ3v) is 0.485. The molecule has 0 aliphatic heterocycles. The molecule has 0 atom stereocenters. The molecule has 44 valence electrons. The van der Waals surface area contributed by atoms with E-state index in [4.69, 9.17) is 10.6 Å². The van der Waals surface area contributed by atoms with E-state index in [0.717, 1.165) is 5.06 Å². The van der Waals surface area contributed by atoms with Crippen molar-refractivity contribution >= 4 is 18.2 Å². The highest BCUT2D eigenvalue weighted by Crippen LogP contribution is 1.70. The maximum absolute atomic E-state index is 8.24. The molecule has 0 saturated heterocycles. The molecule has 0 amide bonds. The van der Waals surface area contributed by atoms with Crippen LogP contribution < -0.4 is 0 Å². The Labute approximate surface area is 48.8 Å². The molecule has 0 bridgehead atoms. The lowest BCUT2D eigenvalue weighted by molar-refractivity contribution is 0.0119. The van der Waals surface area contributed by atoms with Crippen molar-refractivity contribution in [3.8, 4) is 0 Å². The number of amidine groups is 1. The van der Waals surface area contributed by atoms with E-state index in [2.05, 4.69) is 0 Å². The smallest absolute Gasteiger partial charge is 0.117 e. The summed E-state index contributed by atoms with van der Waals surface area (Å²) in [6.07, 6.45) is 0. The van der Waals surface area contributed by atoms with Gasteiger partial charge in [-0.25, -0.2) is 5.06 Å². The summed E-state index contributed by atoms with van der Waals surface area (Å²) in [5.74, 6) is 0.148. The zero-order valence-corrected chi connectivity index (χ0v) is 5.12. The SMILES string of the molecule is CC(=N)N(C)O.Cl. The van der Waals surface area contributed by atoms with E-state index < -0.39 is 0 Å². The van der Waals surface area contributed by atoms with Crippen LogP contribution in [0, 0.1) is 5.41 Å². The van der Waals surface area contributed by atoms with Gasteiger partial charge < -0.3 is 0 Å². The van der Waals surface area contributed by atoms with Crippen LogP contribution >= 0.6 is 12.4 Å². The van der Waals surface area contributed by atoms with Crippen LogP contribution in [0.3, 0.4) is 0 Å². The second-order valence-electron chi connectivity index (χ2n) is 1.11. The molecule has 0 rings (SSSR count). The highest BCUT2D eigenvalue weighted by Gasteiger charge is 1.84. The Morgan fingerprint density at radius 3 is 1.86 bits per heavy atom. The first-order valence-electron chi connectivity index (χ1n) is 1.62. The van der Waals surface area contributed by atoms with E-state index in [0.29, 0.717) is 0 Å². The lowest BCUT2D eigenvalue weighted by atomic mass is 10.7. The maximum atomic E-state index is 8.24. The van der Waals surface area contributed by atoms with E-state index in [1.165, 1.54) is 14.0 Å². The molecule has 4 heteroatoms. The minimum Gasteiger partial charge on any atom is -0.288 e. The number of nitrogens with zero attached hydrogens (tertiary/aromatic N) is 1. The molecule has 0 radical (unpaired) electrons. The summed E-state index contributed by atoms with van der Waals surface area (Å²) in [5, 5.41) is 15.6. The lowest BCUT2D eigenvalue weighted by Gasteiger charge is -2.03. The number of rotatable bonds is 0. The van der Waals surface area contributed by atoms with Gasteiger partial charge in [-0.05, 0) is 6.92 Å². The maximum Gasteiger partial charge on any atom is 0.117 e. The molecule has 7 heavy (non-hydrogen) atoms. The van der Waals surface area contributed by atoms with Crippen molar-refractivity contribution in [2.75, 3.05) is 7.05 Å². The topological polar surface area (TPSA) is 47.3 Å². The first kappa shape index (κ1) is 9.87. The standard InChI is InChI=1S/C3H8N2O.ClH/c1-3(4)5(2)6;/h4,6H,1-2H3;1H. The summed E-state index contributed by atoms with van der Waals surface area (Å²) in [6.45, 7) is 1.50. The predicted octanol–water partition coefficient (Wildman–Crippen LogP) is 0.726. The van der Waals surface area contributed by atoms with Gasteiger partial charge in [0.25, 0.3) is 0 Å². The minimum absolute atomic E-state index is 0. The largest absolute Gasteiger partial charge is 0.288 e. The average Bonchev–Trinajstić information content (AvgIpc) is 1.36. The Morgan fingerprint density at radius 1 is 1.71 bits per heavy atom. The van der Waals surface area contributed by atoms with Crippen molar-refractivity contribution in [2.24, 2.45) is 0 Å². The first-order valence-corrected chi connectivity index (χ1v) is 1.62. The molecule has 0 aromatic rings. The number of hydrogen-bond acceptors (Lipinski definition) is 2. The van der Waals surface area contributed by atoms with Crippen LogP contribution in [0.1, 0.15) is 6.92 Å². The zero-order chi connectivity index (χ0) is 5.15. The number of hydroxylamine groups is 2. The van der Waals surface area contributed by atoms with Crippen LogP contribution in [0.2, 0.25) is 0 Å². The van der Waals surface area contributed by atoms with E-state index in [9.17, 15) is 0 Å². The van der Waals surface area contributed by atoms with E-state index in [1.807, 2.05) is 0 Å². The van der Waals surface area contributed by atoms with Crippen LogP contribution in [-0.2, 0) is 0 Å². The zero-order valence-electron chi connectivity index (χ0n) is 4.30. The predicted molar refractivity (Wildman–Crippen MR) is 30.2 cm³/mol. The third-order valence-electron chi connectivity index (χ3n) is 0.485. The molecule has 0 heterocycles. The second kappa shape index (κ2) is 3.89. The molecular formula is C3H9ClN2O. The van der Waals surface area contributed by atoms with Gasteiger partial charge in [-0.1, -0.05) is 0 Å². The molecule has 0 spiro atoms. The Balaban J connectivity index is 0. The molecular weight excluding hydrogens is 115 g/mol. The van der Waals surface area contributed by atoms with Crippen LogP contribution in [0.25, 0.3) is 0 Å². The van der Waals surface area contributed by atoms with E-state index in [-0.39, 0.29) is 18.2 Å². The molecule has 0 aliphatic rings. The highest BCUT2D eigenvalue weighted by molar-refractivity contribution is 5.85. The fourth-order valence-corrected chi connectivity index (χ4v) is 0. The number of hydrogen-bond donors (Lipinski definition) is 2. The lowest BCUT2D eigenvalue weighted by Crippen LogP contribution is -2.17. The van der Waals surface area contributed by atoms with Crippen LogP contribution in [0.4, 0.5) is 0 Å². The van der Waals surface area contributed by atoms with E-state index >= 15 is 0 Å². The van der Waals surface area contributed by atoms with Gasteiger partial charge >= 0.3 is 0 Å².